The molecule has 1 heterocycles. The fourth-order valence-corrected chi connectivity index (χ4v) is 2.06. The summed E-state index contributed by atoms with van der Waals surface area (Å²) in [4.78, 5) is 14.0. The molecule has 18 heavy (non-hydrogen) atoms. The van der Waals surface area contributed by atoms with E-state index in [9.17, 15) is 9.90 Å². The van der Waals surface area contributed by atoms with Gasteiger partial charge in [-0.05, 0) is 46.8 Å². The van der Waals surface area contributed by atoms with Gasteiger partial charge in [-0.15, -0.1) is 0 Å². The summed E-state index contributed by atoms with van der Waals surface area (Å²) in [6.07, 6.45) is 2.55. The van der Waals surface area contributed by atoms with Crippen LogP contribution in [0.15, 0.2) is 48.7 Å². The Hall–Kier alpha value is -2.55. The van der Waals surface area contributed by atoms with Crippen LogP contribution in [0.5, 0.6) is 5.75 Å². The van der Waals surface area contributed by atoms with Crippen molar-refractivity contribution in [1.82, 2.24) is 4.98 Å². The lowest BCUT2D eigenvalue weighted by atomic mass is 10.0. The molecule has 0 unspecified atom stereocenters. The summed E-state index contributed by atoms with van der Waals surface area (Å²) in [6, 6.07) is 13.1. The summed E-state index contributed by atoms with van der Waals surface area (Å²) < 4.78 is 0. The molecule has 2 aromatic carbocycles. The van der Waals surface area contributed by atoms with Gasteiger partial charge in [0.15, 0.2) is 6.29 Å². The summed E-state index contributed by atoms with van der Waals surface area (Å²) in [5, 5.41) is 10.6. The lowest BCUT2D eigenvalue weighted by molar-refractivity contribution is 0.112. The Morgan fingerprint density at radius 3 is 2.61 bits per heavy atom. The number of aromatic hydroxyl groups is 1. The predicted octanol–water partition coefficient (Wildman–Crippen LogP) is 3.35. The number of rotatable bonds is 2. The number of benzene rings is 2. The van der Waals surface area contributed by atoms with E-state index in [0.29, 0.717) is 11.8 Å². The van der Waals surface area contributed by atoms with Crippen LogP contribution in [0, 0.1) is 0 Å². The van der Waals surface area contributed by atoms with Crippen molar-refractivity contribution in [3.8, 4) is 16.9 Å². The fourth-order valence-electron chi connectivity index (χ4n) is 2.06. The third-order valence-electron chi connectivity index (χ3n) is 3.04. The minimum Gasteiger partial charge on any atom is -0.507 e. The van der Waals surface area contributed by atoms with Crippen molar-refractivity contribution in [3.63, 3.8) is 0 Å². The lowest BCUT2D eigenvalue weighted by Crippen LogP contribution is -1.84. The van der Waals surface area contributed by atoms with Gasteiger partial charge in [-0.25, -0.2) is 0 Å². The molecule has 3 rings (SSSR count). The monoisotopic (exact) mass is 237 g/mol. The number of nitrogens with one attached hydrogen (secondary N) is 1. The Morgan fingerprint density at radius 1 is 1.00 bits per heavy atom. The van der Waals surface area contributed by atoms with E-state index in [0.717, 1.165) is 22.0 Å². The van der Waals surface area contributed by atoms with Crippen LogP contribution < -0.4 is 0 Å². The number of aldehydes is 1. The molecule has 0 aliphatic heterocycles. The molecular formula is C15H11NO2. The van der Waals surface area contributed by atoms with Crippen molar-refractivity contribution in [3.05, 3.63) is 54.2 Å². The van der Waals surface area contributed by atoms with Gasteiger partial charge in [0, 0.05) is 11.7 Å². The zero-order valence-electron chi connectivity index (χ0n) is 9.55. The minimum atomic E-state index is 0.0106. The number of phenolic OH excluding ortho intramolecular Hbond substituents is 1. The van der Waals surface area contributed by atoms with Gasteiger partial charge in [0.1, 0.15) is 5.75 Å². The predicted molar refractivity (Wildman–Crippen MR) is 70.8 cm³/mol. The highest BCUT2D eigenvalue weighted by Crippen LogP contribution is 2.27. The maximum absolute atomic E-state index is 10.8. The molecule has 0 fully saturated rings. The van der Waals surface area contributed by atoms with Gasteiger partial charge in [0.05, 0.1) is 5.56 Å². The van der Waals surface area contributed by atoms with Crippen molar-refractivity contribution >= 4 is 17.2 Å². The Labute approximate surface area is 104 Å². The molecule has 0 bridgehead atoms. The fraction of sp³-hybridized carbons (Fsp3) is 0. The summed E-state index contributed by atoms with van der Waals surface area (Å²) in [6.45, 7) is 0. The van der Waals surface area contributed by atoms with Crippen molar-refractivity contribution in [2.75, 3.05) is 0 Å². The van der Waals surface area contributed by atoms with Crippen LogP contribution in [0.2, 0.25) is 0 Å². The molecule has 0 spiro atoms. The largest absolute Gasteiger partial charge is 0.507 e. The van der Waals surface area contributed by atoms with E-state index in [1.165, 1.54) is 0 Å². The Kier molecular flexibility index (Phi) is 2.38. The van der Waals surface area contributed by atoms with Crippen LogP contribution in [0.4, 0.5) is 0 Å². The second-order valence-electron chi connectivity index (χ2n) is 4.17. The molecule has 3 heteroatoms. The van der Waals surface area contributed by atoms with E-state index in [1.54, 1.807) is 18.2 Å². The van der Waals surface area contributed by atoms with Gasteiger partial charge in [-0.2, -0.15) is 0 Å². The van der Waals surface area contributed by atoms with Crippen LogP contribution in [0.3, 0.4) is 0 Å². The maximum atomic E-state index is 10.8. The zero-order chi connectivity index (χ0) is 12.5. The normalized spacial score (nSPS) is 10.7. The van der Waals surface area contributed by atoms with Gasteiger partial charge in [-0.1, -0.05) is 12.1 Å². The van der Waals surface area contributed by atoms with Gasteiger partial charge in [0.2, 0.25) is 0 Å². The quantitative estimate of drug-likeness (QED) is 0.671. The van der Waals surface area contributed by atoms with E-state index < -0.39 is 0 Å². The molecule has 0 amide bonds. The van der Waals surface area contributed by atoms with Crippen molar-refractivity contribution in [1.29, 1.82) is 0 Å². The minimum absolute atomic E-state index is 0.0106. The molecule has 3 nitrogen and oxygen atoms in total. The summed E-state index contributed by atoms with van der Waals surface area (Å²) in [7, 11) is 0. The zero-order valence-corrected chi connectivity index (χ0v) is 9.55. The van der Waals surface area contributed by atoms with Crippen LogP contribution in [0.25, 0.3) is 22.0 Å². The molecule has 3 aromatic rings. The smallest absolute Gasteiger partial charge is 0.153 e. The molecule has 0 aliphatic rings. The number of carbonyl (C=O) groups is 1. The van der Waals surface area contributed by atoms with Crippen molar-refractivity contribution < 1.29 is 9.90 Å². The van der Waals surface area contributed by atoms with Crippen molar-refractivity contribution in [2.24, 2.45) is 0 Å². The van der Waals surface area contributed by atoms with E-state index in [1.807, 2.05) is 30.5 Å². The van der Waals surface area contributed by atoms with Gasteiger partial charge >= 0.3 is 0 Å². The number of aromatic nitrogens is 1. The Morgan fingerprint density at radius 2 is 1.78 bits per heavy atom. The van der Waals surface area contributed by atoms with Crippen LogP contribution in [-0.2, 0) is 0 Å². The average molecular weight is 237 g/mol. The molecule has 2 N–H and O–H groups in total. The number of hydrogen-bond donors (Lipinski definition) is 2. The van der Waals surface area contributed by atoms with E-state index in [4.69, 9.17) is 0 Å². The van der Waals surface area contributed by atoms with Crippen LogP contribution in [-0.4, -0.2) is 16.4 Å². The number of aromatic amines is 1. The molecule has 0 saturated carbocycles. The molecule has 0 atom stereocenters. The first-order valence-electron chi connectivity index (χ1n) is 5.63. The average Bonchev–Trinajstić information content (AvgIpc) is 2.86. The maximum Gasteiger partial charge on any atom is 0.153 e. The van der Waals surface area contributed by atoms with Crippen LogP contribution in [0.1, 0.15) is 10.4 Å². The number of fused-ring (bicyclic) bond motifs is 1. The topological polar surface area (TPSA) is 53.1 Å². The molecule has 0 saturated heterocycles. The molecule has 1 aromatic heterocycles. The number of phenols is 1. The Bertz CT molecular complexity index is 728. The molecule has 0 aliphatic carbocycles. The third kappa shape index (κ3) is 1.66. The highest BCUT2D eigenvalue weighted by atomic mass is 16.3. The second kappa shape index (κ2) is 4.04. The highest BCUT2D eigenvalue weighted by molar-refractivity contribution is 5.87. The van der Waals surface area contributed by atoms with Gasteiger partial charge in [0.25, 0.3) is 0 Å². The van der Waals surface area contributed by atoms with E-state index in [2.05, 4.69) is 4.98 Å². The first-order valence-corrected chi connectivity index (χ1v) is 5.63. The van der Waals surface area contributed by atoms with Gasteiger partial charge in [-0.3, -0.25) is 4.79 Å². The Balaban J connectivity index is 2.15. The SMILES string of the molecule is O=Cc1cc(-c2ccc3[nH]ccc3c2)ccc1O. The summed E-state index contributed by atoms with van der Waals surface area (Å²) >= 11 is 0. The van der Waals surface area contributed by atoms with Gasteiger partial charge < -0.3 is 10.1 Å². The van der Waals surface area contributed by atoms with Crippen LogP contribution >= 0.6 is 0 Å². The first-order chi connectivity index (χ1) is 8.78. The lowest BCUT2D eigenvalue weighted by Gasteiger charge is -2.04. The highest BCUT2D eigenvalue weighted by Gasteiger charge is 2.04. The van der Waals surface area contributed by atoms with Crippen molar-refractivity contribution in [2.45, 2.75) is 0 Å². The second-order valence-corrected chi connectivity index (χ2v) is 4.17. The summed E-state index contributed by atoms with van der Waals surface area (Å²) in [5.41, 5.74) is 3.32. The molecule has 88 valence electrons. The summed E-state index contributed by atoms with van der Waals surface area (Å²) in [5.74, 6) is 0.0106. The number of hydrogen-bond acceptors (Lipinski definition) is 2. The standard InChI is InChI=1S/C15H11NO2/c17-9-13-8-11(2-4-15(13)18)10-1-3-14-12(7-10)5-6-16-14/h1-9,16,18H. The first kappa shape index (κ1) is 10.6. The molecular weight excluding hydrogens is 226 g/mol. The van der Waals surface area contributed by atoms with E-state index >= 15 is 0 Å². The third-order valence-corrected chi connectivity index (χ3v) is 3.04. The number of H-pyrrole nitrogens is 1. The van der Waals surface area contributed by atoms with E-state index in [-0.39, 0.29) is 5.75 Å². The number of carbonyl (C=O) groups excluding carboxylic acids is 1. The molecule has 0 radical (unpaired) electrons.